The predicted molar refractivity (Wildman–Crippen MR) is 78.1 cm³/mol. The number of nitrogens with zero attached hydrogens (tertiary/aromatic N) is 1. The highest BCUT2D eigenvalue weighted by molar-refractivity contribution is 7.89. The van der Waals surface area contributed by atoms with Crippen LogP contribution in [0.1, 0.15) is 40.3 Å². The van der Waals surface area contributed by atoms with Crippen molar-refractivity contribution in [1.29, 1.82) is 0 Å². The van der Waals surface area contributed by atoms with E-state index >= 15 is 0 Å². The van der Waals surface area contributed by atoms with Crippen LogP contribution in [0.2, 0.25) is 0 Å². The van der Waals surface area contributed by atoms with Gasteiger partial charge in [-0.1, -0.05) is 22.9 Å². The molecular formula is C14H16N2O5S. The summed E-state index contributed by atoms with van der Waals surface area (Å²) in [7, 11) is -3.79. The number of benzene rings is 1. The molecule has 2 rings (SSSR count). The van der Waals surface area contributed by atoms with Crippen LogP contribution in [0.4, 0.5) is 0 Å². The first-order valence-electron chi connectivity index (χ1n) is 6.51. The second kappa shape index (κ2) is 5.90. The van der Waals surface area contributed by atoms with Gasteiger partial charge in [-0.2, -0.15) is 0 Å². The molecule has 0 radical (unpaired) electrons. The first-order chi connectivity index (χ1) is 10.2. The number of hydrogen-bond donors (Lipinski definition) is 2. The average Bonchev–Trinajstić information content (AvgIpc) is 2.81. The third-order valence-corrected chi connectivity index (χ3v) is 4.72. The zero-order valence-electron chi connectivity index (χ0n) is 12.3. The van der Waals surface area contributed by atoms with Gasteiger partial charge in [0.1, 0.15) is 5.56 Å². The van der Waals surface area contributed by atoms with Crippen LogP contribution in [0.15, 0.2) is 33.7 Å². The molecule has 118 valence electrons. The maximum atomic E-state index is 12.3. The van der Waals surface area contributed by atoms with Gasteiger partial charge < -0.3 is 9.63 Å². The maximum absolute atomic E-state index is 12.3. The summed E-state index contributed by atoms with van der Waals surface area (Å²) in [5.41, 5.74) is 1.01. The largest absolute Gasteiger partial charge is 0.477 e. The monoisotopic (exact) mass is 324 g/mol. The lowest BCUT2D eigenvalue weighted by atomic mass is 10.1. The van der Waals surface area contributed by atoms with Gasteiger partial charge >= 0.3 is 5.97 Å². The quantitative estimate of drug-likeness (QED) is 0.871. The minimum Gasteiger partial charge on any atom is -0.477 e. The standard InChI is InChI=1S/C14H16N2O5S/c1-8-4-6-11(7-5-8)22(19,20)16-10(3)13-12(14(17)18)9(2)15-21-13/h4-7,10,16H,1-3H3,(H,17,18)/t10-/m1/s1. The highest BCUT2D eigenvalue weighted by atomic mass is 32.2. The third-order valence-electron chi connectivity index (χ3n) is 3.16. The molecule has 22 heavy (non-hydrogen) atoms. The van der Waals surface area contributed by atoms with Crippen LogP contribution in [-0.4, -0.2) is 24.7 Å². The van der Waals surface area contributed by atoms with Crippen molar-refractivity contribution in [2.75, 3.05) is 0 Å². The molecule has 0 fully saturated rings. The van der Waals surface area contributed by atoms with Gasteiger partial charge in [-0.05, 0) is 32.9 Å². The van der Waals surface area contributed by atoms with Gasteiger partial charge in [-0.15, -0.1) is 0 Å². The highest BCUT2D eigenvalue weighted by Crippen LogP contribution is 2.23. The third kappa shape index (κ3) is 3.18. The summed E-state index contributed by atoms with van der Waals surface area (Å²) in [6, 6.07) is 5.46. The summed E-state index contributed by atoms with van der Waals surface area (Å²) in [5, 5.41) is 12.7. The number of carboxylic acids is 1. The van der Waals surface area contributed by atoms with Crippen LogP contribution >= 0.6 is 0 Å². The van der Waals surface area contributed by atoms with E-state index in [-0.39, 0.29) is 21.9 Å². The fraction of sp³-hybridized carbons (Fsp3) is 0.286. The lowest BCUT2D eigenvalue weighted by Gasteiger charge is -2.12. The number of rotatable bonds is 5. The second-order valence-electron chi connectivity index (χ2n) is 4.97. The van der Waals surface area contributed by atoms with Crippen LogP contribution < -0.4 is 4.72 Å². The summed E-state index contributed by atoms with van der Waals surface area (Å²) in [6.45, 7) is 4.83. The van der Waals surface area contributed by atoms with Crippen molar-refractivity contribution < 1.29 is 22.8 Å². The molecule has 1 aromatic heterocycles. The van der Waals surface area contributed by atoms with E-state index in [1.165, 1.54) is 26.0 Å². The minimum atomic E-state index is -3.79. The molecule has 8 heteroatoms. The molecule has 0 aliphatic rings. The molecule has 0 unspecified atom stereocenters. The normalized spacial score (nSPS) is 13.0. The van der Waals surface area contributed by atoms with Crippen molar-refractivity contribution in [2.45, 2.75) is 31.7 Å². The Morgan fingerprint density at radius 3 is 2.41 bits per heavy atom. The van der Waals surface area contributed by atoms with Crippen LogP contribution in [0.25, 0.3) is 0 Å². The number of carbonyl (C=O) groups is 1. The van der Waals surface area contributed by atoms with Crippen LogP contribution in [0, 0.1) is 13.8 Å². The molecule has 0 amide bonds. The molecule has 1 heterocycles. The van der Waals surface area contributed by atoms with Gasteiger partial charge in [-0.3, -0.25) is 0 Å². The fourth-order valence-corrected chi connectivity index (χ4v) is 3.22. The first kappa shape index (κ1) is 16.2. The SMILES string of the molecule is Cc1ccc(S(=O)(=O)N[C@H](C)c2onc(C)c2C(=O)O)cc1. The Morgan fingerprint density at radius 2 is 1.86 bits per heavy atom. The van der Waals surface area contributed by atoms with E-state index in [1.54, 1.807) is 12.1 Å². The number of sulfonamides is 1. The van der Waals surface area contributed by atoms with Gasteiger partial charge in [0.15, 0.2) is 5.76 Å². The second-order valence-corrected chi connectivity index (χ2v) is 6.68. The summed E-state index contributed by atoms with van der Waals surface area (Å²) < 4.78 is 31.9. The van der Waals surface area contributed by atoms with E-state index in [1.807, 2.05) is 6.92 Å². The molecule has 2 N–H and O–H groups in total. The fourth-order valence-electron chi connectivity index (χ4n) is 2.01. The van der Waals surface area contributed by atoms with Gasteiger partial charge in [-0.25, -0.2) is 17.9 Å². The van der Waals surface area contributed by atoms with Crippen molar-refractivity contribution >= 4 is 16.0 Å². The lowest BCUT2D eigenvalue weighted by Crippen LogP contribution is -2.27. The van der Waals surface area contributed by atoms with Crippen LogP contribution in [0.3, 0.4) is 0 Å². The molecule has 2 aromatic rings. The molecule has 1 aromatic carbocycles. The zero-order valence-corrected chi connectivity index (χ0v) is 13.1. The van der Waals surface area contributed by atoms with Crippen LogP contribution in [-0.2, 0) is 10.0 Å². The lowest BCUT2D eigenvalue weighted by molar-refractivity contribution is 0.0692. The van der Waals surface area contributed by atoms with E-state index in [4.69, 9.17) is 9.63 Å². The van der Waals surface area contributed by atoms with Crippen molar-refractivity contribution in [1.82, 2.24) is 9.88 Å². The van der Waals surface area contributed by atoms with Crippen molar-refractivity contribution in [3.05, 3.63) is 46.8 Å². The van der Waals surface area contributed by atoms with E-state index in [9.17, 15) is 13.2 Å². The number of carboxylic acid groups (broad SMARTS) is 1. The van der Waals surface area contributed by atoms with Crippen molar-refractivity contribution in [3.63, 3.8) is 0 Å². The zero-order chi connectivity index (χ0) is 16.5. The molecule has 0 aliphatic heterocycles. The smallest absolute Gasteiger partial charge is 0.341 e. The summed E-state index contributed by atoms with van der Waals surface area (Å²) >= 11 is 0. The molecule has 7 nitrogen and oxygen atoms in total. The molecule has 0 spiro atoms. The Bertz CT molecular complexity index is 793. The van der Waals surface area contributed by atoms with Gasteiger partial charge in [0, 0.05) is 0 Å². The van der Waals surface area contributed by atoms with E-state index in [2.05, 4.69) is 9.88 Å². The Hall–Kier alpha value is -2.19. The number of aryl methyl sites for hydroxylation is 2. The molecule has 1 atom stereocenters. The highest BCUT2D eigenvalue weighted by Gasteiger charge is 2.27. The topological polar surface area (TPSA) is 110 Å². The maximum Gasteiger partial charge on any atom is 0.341 e. The summed E-state index contributed by atoms with van der Waals surface area (Å²) in [4.78, 5) is 11.3. The van der Waals surface area contributed by atoms with E-state index in [0.717, 1.165) is 5.56 Å². The number of nitrogens with one attached hydrogen (secondary N) is 1. The Labute approximate surface area is 128 Å². The van der Waals surface area contributed by atoms with E-state index < -0.39 is 22.0 Å². The molecule has 0 saturated carbocycles. The minimum absolute atomic E-state index is 0.0271. The molecule has 0 bridgehead atoms. The molecule has 0 saturated heterocycles. The number of aromatic carboxylic acids is 1. The predicted octanol–water partition coefficient (Wildman–Crippen LogP) is 2.03. The Balaban J connectivity index is 2.30. The number of aromatic nitrogens is 1. The molecular weight excluding hydrogens is 308 g/mol. The Morgan fingerprint density at radius 1 is 1.27 bits per heavy atom. The first-order valence-corrected chi connectivity index (χ1v) is 7.99. The van der Waals surface area contributed by atoms with Crippen molar-refractivity contribution in [2.24, 2.45) is 0 Å². The van der Waals surface area contributed by atoms with Gasteiger partial charge in [0.2, 0.25) is 10.0 Å². The average molecular weight is 324 g/mol. The van der Waals surface area contributed by atoms with E-state index in [0.29, 0.717) is 0 Å². The summed E-state index contributed by atoms with van der Waals surface area (Å²) in [6.07, 6.45) is 0. The van der Waals surface area contributed by atoms with Crippen molar-refractivity contribution in [3.8, 4) is 0 Å². The summed E-state index contributed by atoms with van der Waals surface area (Å²) in [5.74, 6) is -1.24. The van der Waals surface area contributed by atoms with Gasteiger partial charge in [0.05, 0.1) is 16.6 Å². The van der Waals surface area contributed by atoms with Gasteiger partial charge in [0.25, 0.3) is 0 Å². The van der Waals surface area contributed by atoms with Crippen LogP contribution in [0.5, 0.6) is 0 Å². The number of hydrogen-bond acceptors (Lipinski definition) is 5. The Kier molecular flexibility index (Phi) is 4.34. The molecule has 0 aliphatic carbocycles.